The fourth-order valence-corrected chi connectivity index (χ4v) is 1.82. The number of anilines is 2. The standard InChI is InChI=1S/C10H16FN5/c1-2-7-8(11)9(15-10(12)14-7)16-5-3-13-4-6-16/h13H,2-6H2,1H3,(H2,12,14,15). The van der Waals surface area contributed by atoms with Crippen molar-refractivity contribution in [2.24, 2.45) is 0 Å². The molecule has 0 unspecified atom stereocenters. The van der Waals surface area contributed by atoms with E-state index in [2.05, 4.69) is 15.3 Å². The van der Waals surface area contributed by atoms with Crippen LogP contribution in [0.5, 0.6) is 0 Å². The Kier molecular flexibility index (Phi) is 3.19. The summed E-state index contributed by atoms with van der Waals surface area (Å²) in [5.74, 6) is 0.149. The second kappa shape index (κ2) is 4.61. The van der Waals surface area contributed by atoms with Crippen molar-refractivity contribution < 1.29 is 4.39 Å². The van der Waals surface area contributed by atoms with Crippen LogP contribution in [0.3, 0.4) is 0 Å². The summed E-state index contributed by atoms with van der Waals surface area (Å²) in [6.45, 7) is 5.02. The summed E-state index contributed by atoms with van der Waals surface area (Å²) in [6, 6.07) is 0. The average Bonchev–Trinajstić information content (AvgIpc) is 2.33. The second-order valence-electron chi connectivity index (χ2n) is 3.76. The highest BCUT2D eigenvalue weighted by molar-refractivity contribution is 5.45. The highest BCUT2D eigenvalue weighted by Crippen LogP contribution is 2.20. The van der Waals surface area contributed by atoms with Crippen molar-refractivity contribution in [3.63, 3.8) is 0 Å². The smallest absolute Gasteiger partial charge is 0.222 e. The number of halogens is 1. The molecule has 1 aromatic heterocycles. The van der Waals surface area contributed by atoms with Crippen LogP contribution in [0, 0.1) is 5.82 Å². The first-order valence-electron chi connectivity index (χ1n) is 5.50. The van der Waals surface area contributed by atoms with Gasteiger partial charge in [-0.25, -0.2) is 9.37 Å². The van der Waals surface area contributed by atoms with Crippen LogP contribution in [0.1, 0.15) is 12.6 Å². The molecule has 2 rings (SSSR count). The first-order valence-corrected chi connectivity index (χ1v) is 5.50. The Hall–Kier alpha value is -1.43. The van der Waals surface area contributed by atoms with Gasteiger partial charge in [0.2, 0.25) is 5.95 Å². The highest BCUT2D eigenvalue weighted by atomic mass is 19.1. The largest absolute Gasteiger partial charge is 0.368 e. The van der Waals surface area contributed by atoms with Crippen LogP contribution < -0.4 is 16.0 Å². The number of nitrogens with two attached hydrogens (primary N) is 1. The monoisotopic (exact) mass is 225 g/mol. The Balaban J connectivity index is 2.34. The van der Waals surface area contributed by atoms with Gasteiger partial charge in [-0.2, -0.15) is 4.98 Å². The summed E-state index contributed by atoms with van der Waals surface area (Å²) in [7, 11) is 0. The van der Waals surface area contributed by atoms with Crippen molar-refractivity contribution in [1.29, 1.82) is 0 Å². The molecule has 16 heavy (non-hydrogen) atoms. The number of hydrogen-bond donors (Lipinski definition) is 2. The number of nitrogen functional groups attached to an aromatic ring is 1. The van der Waals surface area contributed by atoms with E-state index in [1.165, 1.54) is 0 Å². The molecule has 5 nitrogen and oxygen atoms in total. The van der Waals surface area contributed by atoms with Gasteiger partial charge in [-0.3, -0.25) is 0 Å². The number of hydrogen-bond acceptors (Lipinski definition) is 5. The van der Waals surface area contributed by atoms with Crippen molar-refractivity contribution in [2.45, 2.75) is 13.3 Å². The molecule has 0 aromatic carbocycles. The molecule has 1 aromatic rings. The molecule has 0 atom stereocenters. The maximum atomic E-state index is 14.0. The van der Waals surface area contributed by atoms with Crippen LogP contribution in [0.4, 0.5) is 16.2 Å². The quantitative estimate of drug-likeness (QED) is 0.751. The van der Waals surface area contributed by atoms with Gasteiger partial charge in [0, 0.05) is 26.2 Å². The first-order chi connectivity index (χ1) is 7.72. The van der Waals surface area contributed by atoms with Crippen LogP contribution in [0.15, 0.2) is 0 Å². The van der Waals surface area contributed by atoms with E-state index in [0.29, 0.717) is 17.9 Å². The summed E-state index contributed by atoms with van der Waals surface area (Å²) < 4.78 is 14.0. The third-order valence-electron chi connectivity index (χ3n) is 2.67. The van der Waals surface area contributed by atoms with E-state index < -0.39 is 0 Å². The van der Waals surface area contributed by atoms with E-state index in [-0.39, 0.29) is 11.8 Å². The van der Waals surface area contributed by atoms with Crippen molar-refractivity contribution >= 4 is 11.8 Å². The van der Waals surface area contributed by atoms with Gasteiger partial charge < -0.3 is 16.0 Å². The summed E-state index contributed by atoms with van der Waals surface area (Å²) in [6.07, 6.45) is 0.525. The number of nitrogens with one attached hydrogen (secondary N) is 1. The fraction of sp³-hybridized carbons (Fsp3) is 0.600. The minimum Gasteiger partial charge on any atom is -0.368 e. The van der Waals surface area contributed by atoms with E-state index in [9.17, 15) is 4.39 Å². The average molecular weight is 225 g/mol. The Morgan fingerprint density at radius 3 is 2.69 bits per heavy atom. The van der Waals surface area contributed by atoms with Crippen molar-refractivity contribution in [3.05, 3.63) is 11.5 Å². The molecule has 88 valence electrons. The maximum absolute atomic E-state index is 14.0. The number of piperazine rings is 1. The van der Waals surface area contributed by atoms with E-state index in [1.807, 2.05) is 11.8 Å². The Labute approximate surface area is 93.9 Å². The third kappa shape index (κ3) is 2.06. The van der Waals surface area contributed by atoms with Crippen LogP contribution in [0.2, 0.25) is 0 Å². The van der Waals surface area contributed by atoms with Crippen LogP contribution in [0.25, 0.3) is 0 Å². The molecule has 1 aliphatic heterocycles. The summed E-state index contributed by atoms with van der Waals surface area (Å²) in [5.41, 5.74) is 5.97. The maximum Gasteiger partial charge on any atom is 0.222 e. The lowest BCUT2D eigenvalue weighted by Crippen LogP contribution is -2.44. The van der Waals surface area contributed by atoms with Crippen molar-refractivity contribution in [3.8, 4) is 0 Å². The summed E-state index contributed by atoms with van der Waals surface area (Å²) >= 11 is 0. The molecular formula is C10H16FN5. The van der Waals surface area contributed by atoms with E-state index in [0.717, 1.165) is 26.2 Å². The topological polar surface area (TPSA) is 67.1 Å². The third-order valence-corrected chi connectivity index (χ3v) is 2.67. The lowest BCUT2D eigenvalue weighted by Gasteiger charge is -2.28. The second-order valence-corrected chi connectivity index (χ2v) is 3.76. The highest BCUT2D eigenvalue weighted by Gasteiger charge is 2.19. The summed E-state index contributed by atoms with van der Waals surface area (Å²) in [4.78, 5) is 9.80. The number of aryl methyl sites for hydroxylation is 1. The predicted molar refractivity (Wildman–Crippen MR) is 60.9 cm³/mol. The van der Waals surface area contributed by atoms with Crippen LogP contribution in [-0.4, -0.2) is 36.1 Å². The molecule has 0 spiro atoms. The van der Waals surface area contributed by atoms with Gasteiger partial charge >= 0.3 is 0 Å². The number of aromatic nitrogens is 2. The molecule has 0 aliphatic carbocycles. The zero-order chi connectivity index (χ0) is 11.5. The van der Waals surface area contributed by atoms with Gasteiger partial charge in [0.05, 0.1) is 5.69 Å². The van der Waals surface area contributed by atoms with Crippen molar-refractivity contribution in [1.82, 2.24) is 15.3 Å². The summed E-state index contributed by atoms with van der Waals surface area (Å²) in [5, 5.41) is 3.21. The lowest BCUT2D eigenvalue weighted by molar-refractivity contribution is 0.549. The normalized spacial score (nSPS) is 16.5. The zero-order valence-corrected chi connectivity index (χ0v) is 9.33. The molecule has 1 aliphatic rings. The Bertz CT molecular complexity index is 376. The van der Waals surface area contributed by atoms with E-state index in [1.54, 1.807) is 0 Å². The molecular weight excluding hydrogens is 209 g/mol. The molecule has 1 saturated heterocycles. The number of nitrogens with zero attached hydrogens (tertiary/aromatic N) is 3. The fourth-order valence-electron chi connectivity index (χ4n) is 1.82. The van der Waals surface area contributed by atoms with E-state index >= 15 is 0 Å². The van der Waals surface area contributed by atoms with Gasteiger partial charge in [0.25, 0.3) is 0 Å². The molecule has 0 amide bonds. The molecule has 0 bridgehead atoms. The number of rotatable bonds is 2. The van der Waals surface area contributed by atoms with Gasteiger partial charge in [-0.1, -0.05) is 6.92 Å². The predicted octanol–water partition coefficient (Wildman–Crippen LogP) is 0.170. The van der Waals surface area contributed by atoms with Gasteiger partial charge in [-0.15, -0.1) is 0 Å². The van der Waals surface area contributed by atoms with Gasteiger partial charge in [0.15, 0.2) is 11.6 Å². The zero-order valence-electron chi connectivity index (χ0n) is 9.33. The molecule has 3 N–H and O–H groups in total. The minimum atomic E-state index is -0.335. The van der Waals surface area contributed by atoms with Gasteiger partial charge in [-0.05, 0) is 6.42 Å². The first kappa shape index (κ1) is 11.1. The van der Waals surface area contributed by atoms with Crippen molar-refractivity contribution in [2.75, 3.05) is 36.8 Å². The molecule has 0 saturated carbocycles. The lowest BCUT2D eigenvalue weighted by atomic mass is 10.2. The molecule has 2 heterocycles. The van der Waals surface area contributed by atoms with Crippen LogP contribution >= 0.6 is 0 Å². The molecule has 6 heteroatoms. The van der Waals surface area contributed by atoms with E-state index in [4.69, 9.17) is 5.73 Å². The SMILES string of the molecule is CCc1nc(N)nc(N2CCNCC2)c1F. The molecule has 1 fully saturated rings. The van der Waals surface area contributed by atoms with Gasteiger partial charge in [0.1, 0.15) is 0 Å². The van der Waals surface area contributed by atoms with Crippen LogP contribution in [-0.2, 0) is 6.42 Å². The Morgan fingerprint density at radius 1 is 1.38 bits per heavy atom. The minimum absolute atomic E-state index is 0.145. The molecule has 0 radical (unpaired) electrons. The Morgan fingerprint density at radius 2 is 2.06 bits per heavy atom.